The molecule has 5 rings (SSSR count). The highest BCUT2D eigenvalue weighted by atomic mass is 16.5. The van der Waals surface area contributed by atoms with E-state index in [1.165, 1.54) is 12.0 Å². The van der Waals surface area contributed by atoms with Gasteiger partial charge in [-0.25, -0.2) is 4.98 Å². The zero-order chi connectivity index (χ0) is 23.3. The lowest BCUT2D eigenvalue weighted by Crippen LogP contribution is -2.47. The molecular formula is C27H32N4O3. The first-order valence-electron chi connectivity index (χ1n) is 12.4. The van der Waals surface area contributed by atoms with E-state index in [-0.39, 0.29) is 17.6 Å². The molecule has 3 heterocycles. The van der Waals surface area contributed by atoms with E-state index >= 15 is 0 Å². The Labute approximate surface area is 199 Å². The minimum absolute atomic E-state index is 0.00275. The number of aryl methyl sites for hydroxylation is 1. The maximum atomic E-state index is 13.0. The molecule has 0 aliphatic carbocycles. The number of ether oxygens (including phenoxy) is 1. The third kappa shape index (κ3) is 5.21. The van der Waals surface area contributed by atoms with E-state index in [9.17, 15) is 9.59 Å². The molecular weight excluding hydrogens is 428 g/mol. The molecule has 2 aromatic carbocycles. The quantitative estimate of drug-likeness (QED) is 0.633. The van der Waals surface area contributed by atoms with Crippen molar-refractivity contribution >= 4 is 16.8 Å². The number of hydrogen-bond donors (Lipinski definition) is 1. The molecule has 34 heavy (non-hydrogen) atoms. The van der Waals surface area contributed by atoms with Crippen molar-refractivity contribution in [3.63, 3.8) is 0 Å². The van der Waals surface area contributed by atoms with Gasteiger partial charge in [0.1, 0.15) is 5.82 Å². The summed E-state index contributed by atoms with van der Waals surface area (Å²) in [5, 5.41) is 3.59. The molecule has 1 unspecified atom stereocenters. The molecule has 0 radical (unpaired) electrons. The first-order valence-corrected chi connectivity index (χ1v) is 12.4. The first kappa shape index (κ1) is 22.7. The van der Waals surface area contributed by atoms with E-state index in [0.717, 1.165) is 57.7 Å². The molecule has 1 aromatic heterocycles. The topological polar surface area (TPSA) is 76.5 Å². The standard InChI is InChI=1S/C27H32N4O3/c32-26(28-17-22-19-30(14-15-34-22)18-20-8-4-3-5-9-20)21-11-12-23-24(16-21)29-25-10-6-1-2-7-13-31(25)27(23)33/h3-5,8-9,11-12,16,22H,1-2,6-7,10,13-15,17-19H2,(H,28,32). The predicted octanol–water partition coefficient (Wildman–Crippen LogP) is 3.14. The first-order chi connectivity index (χ1) is 16.7. The Hall–Kier alpha value is -3.03. The average molecular weight is 461 g/mol. The number of aromatic nitrogens is 2. The van der Waals surface area contributed by atoms with Crippen LogP contribution in [0, 0.1) is 0 Å². The van der Waals surface area contributed by atoms with Crippen molar-refractivity contribution in [2.24, 2.45) is 0 Å². The van der Waals surface area contributed by atoms with E-state index in [2.05, 4.69) is 34.5 Å². The zero-order valence-corrected chi connectivity index (χ0v) is 19.5. The van der Waals surface area contributed by atoms with Gasteiger partial charge in [0.25, 0.3) is 11.5 Å². The van der Waals surface area contributed by atoms with Crippen LogP contribution in [0.2, 0.25) is 0 Å². The van der Waals surface area contributed by atoms with Gasteiger partial charge >= 0.3 is 0 Å². The van der Waals surface area contributed by atoms with Gasteiger partial charge in [0.2, 0.25) is 0 Å². The number of morpholine rings is 1. The lowest BCUT2D eigenvalue weighted by atomic mass is 10.1. The number of amides is 1. The number of carbonyl (C=O) groups excluding carboxylic acids is 1. The molecule has 1 fully saturated rings. The summed E-state index contributed by atoms with van der Waals surface area (Å²) < 4.78 is 7.71. The van der Waals surface area contributed by atoms with Crippen LogP contribution >= 0.6 is 0 Å². The van der Waals surface area contributed by atoms with Gasteiger partial charge in [0, 0.05) is 44.7 Å². The third-order valence-electron chi connectivity index (χ3n) is 6.79. The van der Waals surface area contributed by atoms with E-state index in [1.54, 1.807) is 18.2 Å². The summed E-state index contributed by atoms with van der Waals surface area (Å²) in [5.41, 5.74) is 2.41. The molecule has 7 heteroatoms. The van der Waals surface area contributed by atoms with Crippen molar-refractivity contribution in [3.8, 4) is 0 Å². The van der Waals surface area contributed by atoms with Crippen molar-refractivity contribution in [1.29, 1.82) is 0 Å². The number of benzene rings is 2. The Morgan fingerprint density at radius 3 is 2.79 bits per heavy atom. The number of fused-ring (bicyclic) bond motifs is 2. The van der Waals surface area contributed by atoms with Gasteiger partial charge in [-0.05, 0) is 36.6 Å². The summed E-state index contributed by atoms with van der Waals surface area (Å²) in [6.07, 6.45) is 5.12. The third-order valence-corrected chi connectivity index (χ3v) is 6.79. The fourth-order valence-corrected chi connectivity index (χ4v) is 4.93. The van der Waals surface area contributed by atoms with Crippen molar-refractivity contribution in [1.82, 2.24) is 19.8 Å². The molecule has 1 atom stereocenters. The average Bonchev–Trinajstić information content (AvgIpc) is 2.84. The molecule has 2 aliphatic rings. The van der Waals surface area contributed by atoms with Crippen LogP contribution in [0.5, 0.6) is 0 Å². The SMILES string of the molecule is O=C(NCC1CN(Cc2ccccc2)CCO1)c1ccc2c(=O)n3c(nc2c1)CCCCCC3. The molecule has 1 saturated heterocycles. The van der Waals surface area contributed by atoms with Gasteiger partial charge in [-0.3, -0.25) is 19.1 Å². The Bertz CT molecular complexity index is 1210. The monoisotopic (exact) mass is 460 g/mol. The van der Waals surface area contributed by atoms with Crippen LogP contribution in [0.15, 0.2) is 53.3 Å². The summed E-state index contributed by atoms with van der Waals surface area (Å²) in [6, 6.07) is 15.6. The minimum Gasteiger partial charge on any atom is -0.374 e. The van der Waals surface area contributed by atoms with Crippen LogP contribution in [0.4, 0.5) is 0 Å². The summed E-state index contributed by atoms with van der Waals surface area (Å²) in [4.78, 5) is 33.0. The molecule has 1 N–H and O–H groups in total. The highest BCUT2D eigenvalue weighted by Crippen LogP contribution is 2.17. The van der Waals surface area contributed by atoms with Crippen LogP contribution < -0.4 is 10.9 Å². The van der Waals surface area contributed by atoms with Crippen molar-refractivity contribution in [2.75, 3.05) is 26.2 Å². The molecule has 0 spiro atoms. The largest absolute Gasteiger partial charge is 0.374 e. The minimum atomic E-state index is -0.167. The smallest absolute Gasteiger partial charge is 0.261 e. The van der Waals surface area contributed by atoms with Crippen LogP contribution in [-0.4, -0.2) is 52.7 Å². The lowest BCUT2D eigenvalue weighted by molar-refractivity contribution is -0.0292. The summed E-state index contributed by atoms with van der Waals surface area (Å²) in [7, 11) is 0. The number of rotatable bonds is 5. The van der Waals surface area contributed by atoms with Gasteiger partial charge in [0.05, 0.1) is 23.6 Å². The van der Waals surface area contributed by atoms with E-state index < -0.39 is 0 Å². The number of nitrogens with one attached hydrogen (secondary N) is 1. The van der Waals surface area contributed by atoms with Gasteiger partial charge in [0.15, 0.2) is 0 Å². The Morgan fingerprint density at radius 2 is 1.91 bits per heavy atom. The van der Waals surface area contributed by atoms with Crippen molar-refractivity contribution < 1.29 is 9.53 Å². The Kier molecular flexibility index (Phi) is 7.02. The van der Waals surface area contributed by atoms with Crippen LogP contribution in [0.1, 0.15) is 47.4 Å². The molecule has 178 valence electrons. The maximum Gasteiger partial charge on any atom is 0.261 e. The fourth-order valence-electron chi connectivity index (χ4n) is 4.93. The number of carbonyl (C=O) groups is 1. The Balaban J connectivity index is 1.24. The van der Waals surface area contributed by atoms with Crippen molar-refractivity contribution in [3.05, 3.63) is 75.8 Å². The Morgan fingerprint density at radius 1 is 1.06 bits per heavy atom. The maximum absolute atomic E-state index is 13.0. The van der Waals surface area contributed by atoms with Crippen LogP contribution in [0.25, 0.3) is 10.9 Å². The molecule has 0 saturated carbocycles. The number of nitrogens with zero attached hydrogens (tertiary/aromatic N) is 3. The second-order valence-electron chi connectivity index (χ2n) is 9.30. The second kappa shape index (κ2) is 10.5. The molecule has 3 aromatic rings. The molecule has 1 amide bonds. The highest BCUT2D eigenvalue weighted by Gasteiger charge is 2.22. The zero-order valence-electron chi connectivity index (χ0n) is 19.5. The highest BCUT2D eigenvalue weighted by molar-refractivity contribution is 5.97. The van der Waals surface area contributed by atoms with E-state index in [0.29, 0.717) is 29.6 Å². The van der Waals surface area contributed by atoms with Gasteiger partial charge in [-0.1, -0.05) is 43.2 Å². The van der Waals surface area contributed by atoms with Crippen LogP contribution in [0.3, 0.4) is 0 Å². The van der Waals surface area contributed by atoms with E-state index in [1.807, 2.05) is 10.6 Å². The predicted molar refractivity (Wildman–Crippen MR) is 132 cm³/mol. The van der Waals surface area contributed by atoms with Gasteiger partial charge in [-0.15, -0.1) is 0 Å². The molecule has 0 bridgehead atoms. The lowest BCUT2D eigenvalue weighted by Gasteiger charge is -2.33. The van der Waals surface area contributed by atoms with Crippen LogP contribution in [-0.2, 0) is 24.2 Å². The fraction of sp³-hybridized carbons (Fsp3) is 0.444. The molecule has 7 nitrogen and oxygen atoms in total. The van der Waals surface area contributed by atoms with Gasteiger partial charge < -0.3 is 10.1 Å². The summed E-state index contributed by atoms with van der Waals surface area (Å²) in [6.45, 7) is 4.37. The summed E-state index contributed by atoms with van der Waals surface area (Å²) >= 11 is 0. The van der Waals surface area contributed by atoms with Gasteiger partial charge in [-0.2, -0.15) is 0 Å². The normalized spacial score (nSPS) is 19.2. The molecule has 2 aliphatic heterocycles. The van der Waals surface area contributed by atoms with E-state index in [4.69, 9.17) is 9.72 Å². The van der Waals surface area contributed by atoms with Crippen molar-refractivity contribution in [2.45, 2.75) is 51.3 Å². The number of hydrogen-bond acceptors (Lipinski definition) is 5. The second-order valence-corrected chi connectivity index (χ2v) is 9.30. The summed E-state index contributed by atoms with van der Waals surface area (Å²) in [5.74, 6) is 0.670.